The number of hydrogen-bond acceptors (Lipinski definition) is 5. The van der Waals surface area contributed by atoms with Crippen LogP contribution < -0.4 is 5.32 Å². The third kappa shape index (κ3) is 5.54. The Morgan fingerprint density at radius 1 is 1.19 bits per heavy atom. The number of ether oxygens (including phenoxy) is 2. The summed E-state index contributed by atoms with van der Waals surface area (Å²) in [5.41, 5.74) is 0.173. The molecule has 31 heavy (non-hydrogen) atoms. The summed E-state index contributed by atoms with van der Waals surface area (Å²) in [5.74, 6) is 0.408. The highest BCUT2D eigenvalue weighted by atomic mass is 32.2. The largest absolute Gasteiger partial charge is 0.384 e. The van der Waals surface area contributed by atoms with Crippen molar-refractivity contribution in [3.63, 3.8) is 0 Å². The number of benzene rings is 1. The van der Waals surface area contributed by atoms with Crippen molar-refractivity contribution in [1.82, 2.24) is 5.32 Å². The summed E-state index contributed by atoms with van der Waals surface area (Å²) in [6.07, 6.45) is 4.93. The molecule has 3 aliphatic rings. The number of carbonyl (C=O) groups excluding carboxylic acids is 2. The number of rotatable bonds is 6. The third-order valence-corrected chi connectivity index (χ3v) is 9.04. The topological polar surface area (TPSA) is 94.1 Å². The summed E-state index contributed by atoms with van der Waals surface area (Å²) in [5, 5.41) is 3.12. The van der Waals surface area contributed by atoms with Gasteiger partial charge in [-0.1, -0.05) is 18.2 Å². The quantitative estimate of drug-likeness (QED) is 0.722. The standard InChI is InChI=1S/C23H32N2O5S/c1-29-17-22(8-9-22)16-20(26)25-31(28)13-10-23(11-14-31)15-19(7-12-30-23)24-21(27)18-5-3-2-4-6-18/h2-6,19H,7-17H2,1H3,(H,24,27). The fourth-order valence-corrected chi connectivity index (χ4v) is 6.97. The van der Waals surface area contributed by atoms with Gasteiger partial charge in [0.15, 0.2) is 0 Å². The van der Waals surface area contributed by atoms with Crippen LogP contribution in [0.5, 0.6) is 0 Å². The van der Waals surface area contributed by atoms with Crippen LogP contribution in [0.15, 0.2) is 34.7 Å². The Hall–Kier alpha value is -1.77. The van der Waals surface area contributed by atoms with Crippen LogP contribution in [0.4, 0.5) is 0 Å². The minimum absolute atomic E-state index is 0.0259. The zero-order chi connectivity index (χ0) is 22.0. The Labute approximate surface area is 184 Å². The molecule has 4 rings (SSSR count). The predicted molar refractivity (Wildman–Crippen MR) is 118 cm³/mol. The number of nitrogens with one attached hydrogen (secondary N) is 1. The smallest absolute Gasteiger partial charge is 0.254 e. The molecule has 0 radical (unpaired) electrons. The van der Waals surface area contributed by atoms with Crippen LogP contribution in [0, 0.1) is 5.41 Å². The molecule has 170 valence electrons. The first-order chi connectivity index (χ1) is 14.9. The molecule has 1 saturated carbocycles. The van der Waals surface area contributed by atoms with Gasteiger partial charge in [-0.15, -0.1) is 0 Å². The second-order valence-corrected chi connectivity index (χ2v) is 11.9. The summed E-state index contributed by atoms with van der Waals surface area (Å²) in [6.45, 7) is 1.12. The van der Waals surface area contributed by atoms with E-state index in [4.69, 9.17) is 9.47 Å². The summed E-state index contributed by atoms with van der Waals surface area (Å²) in [7, 11) is -0.899. The first-order valence-corrected chi connectivity index (χ1v) is 12.9. The Bertz CT molecular complexity index is 921. The molecule has 1 aromatic rings. The van der Waals surface area contributed by atoms with E-state index in [1.54, 1.807) is 19.2 Å². The van der Waals surface area contributed by atoms with Crippen LogP contribution in [-0.4, -0.2) is 59.5 Å². The van der Waals surface area contributed by atoms with E-state index in [0.29, 0.717) is 56.0 Å². The van der Waals surface area contributed by atoms with Crippen LogP contribution in [0.1, 0.15) is 55.3 Å². The van der Waals surface area contributed by atoms with Crippen molar-refractivity contribution < 1.29 is 23.3 Å². The van der Waals surface area contributed by atoms with E-state index in [0.717, 1.165) is 19.3 Å². The Balaban J connectivity index is 1.34. The van der Waals surface area contributed by atoms with E-state index in [9.17, 15) is 13.8 Å². The minimum Gasteiger partial charge on any atom is -0.384 e. The minimum atomic E-state index is -2.54. The molecule has 1 aromatic carbocycles. The summed E-state index contributed by atoms with van der Waals surface area (Å²) >= 11 is 0. The van der Waals surface area contributed by atoms with Crippen molar-refractivity contribution in [2.75, 3.05) is 31.8 Å². The monoisotopic (exact) mass is 448 g/mol. The first kappa shape index (κ1) is 22.4. The van der Waals surface area contributed by atoms with Crippen molar-refractivity contribution in [3.05, 3.63) is 35.9 Å². The maximum absolute atomic E-state index is 13.2. The van der Waals surface area contributed by atoms with E-state index < -0.39 is 9.73 Å². The molecular formula is C23H32N2O5S. The maximum atomic E-state index is 13.2. The number of amides is 2. The van der Waals surface area contributed by atoms with Gasteiger partial charge in [0.05, 0.1) is 21.9 Å². The van der Waals surface area contributed by atoms with Gasteiger partial charge in [-0.3, -0.25) is 9.59 Å². The van der Waals surface area contributed by atoms with Crippen molar-refractivity contribution >= 4 is 21.5 Å². The lowest BCUT2D eigenvalue weighted by Crippen LogP contribution is -2.51. The zero-order valence-corrected chi connectivity index (χ0v) is 19.0. The molecule has 2 saturated heterocycles. The Morgan fingerprint density at radius 2 is 1.90 bits per heavy atom. The second kappa shape index (κ2) is 9.00. The Kier molecular flexibility index (Phi) is 6.51. The molecule has 2 aliphatic heterocycles. The van der Waals surface area contributed by atoms with Crippen LogP contribution >= 0.6 is 0 Å². The average Bonchev–Trinajstić information content (AvgIpc) is 3.50. The fourth-order valence-electron chi connectivity index (χ4n) is 4.76. The van der Waals surface area contributed by atoms with Crippen molar-refractivity contribution in [1.29, 1.82) is 0 Å². The van der Waals surface area contributed by atoms with E-state index in [-0.39, 0.29) is 28.9 Å². The number of methoxy groups -OCH3 is 1. The van der Waals surface area contributed by atoms with E-state index >= 15 is 0 Å². The van der Waals surface area contributed by atoms with E-state index in [1.165, 1.54) is 0 Å². The number of carbonyl (C=O) groups is 2. The van der Waals surface area contributed by atoms with Gasteiger partial charge < -0.3 is 14.8 Å². The molecule has 0 bridgehead atoms. The predicted octanol–water partition coefficient (Wildman–Crippen LogP) is 2.94. The van der Waals surface area contributed by atoms with Crippen LogP contribution in [0.3, 0.4) is 0 Å². The molecular weight excluding hydrogens is 416 g/mol. The lowest BCUT2D eigenvalue weighted by atomic mass is 9.85. The number of nitrogens with zero attached hydrogens (tertiary/aromatic N) is 1. The van der Waals surface area contributed by atoms with Crippen LogP contribution in [-0.2, 0) is 24.0 Å². The summed E-state index contributed by atoms with van der Waals surface area (Å²) in [4.78, 5) is 25.0. The molecule has 1 aliphatic carbocycles. The molecule has 1 spiro atoms. The molecule has 0 aromatic heterocycles. The molecule has 3 fully saturated rings. The van der Waals surface area contributed by atoms with Gasteiger partial charge in [0, 0.05) is 48.7 Å². The van der Waals surface area contributed by atoms with Crippen molar-refractivity contribution in [2.45, 2.75) is 56.6 Å². The highest BCUT2D eigenvalue weighted by Gasteiger charge is 2.45. The zero-order valence-electron chi connectivity index (χ0n) is 18.1. The van der Waals surface area contributed by atoms with Crippen LogP contribution in [0.2, 0.25) is 0 Å². The third-order valence-electron chi connectivity index (χ3n) is 6.82. The van der Waals surface area contributed by atoms with Gasteiger partial charge in [-0.2, -0.15) is 4.36 Å². The summed E-state index contributed by atoms with van der Waals surface area (Å²) < 4.78 is 28.7. The molecule has 2 heterocycles. The van der Waals surface area contributed by atoms with Crippen molar-refractivity contribution in [3.8, 4) is 0 Å². The molecule has 1 unspecified atom stereocenters. The molecule has 8 heteroatoms. The van der Waals surface area contributed by atoms with Gasteiger partial charge in [-0.05, 0) is 50.7 Å². The SMILES string of the molecule is COCC1(CC(=O)N=S2(=O)CCC3(CC2)CC(NC(=O)c2ccccc2)CCO3)CC1. The molecule has 1 N–H and O–H groups in total. The first-order valence-electron chi connectivity index (χ1n) is 11.1. The highest BCUT2D eigenvalue weighted by Crippen LogP contribution is 2.49. The maximum Gasteiger partial charge on any atom is 0.254 e. The van der Waals surface area contributed by atoms with Crippen LogP contribution in [0.25, 0.3) is 0 Å². The van der Waals surface area contributed by atoms with Gasteiger partial charge >= 0.3 is 0 Å². The second-order valence-electron chi connectivity index (χ2n) is 9.34. The van der Waals surface area contributed by atoms with Crippen molar-refractivity contribution in [2.24, 2.45) is 9.78 Å². The molecule has 1 atom stereocenters. The summed E-state index contributed by atoms with van der Waals surface area (Å²) in [6, 6.07) is 9.22. The van der Waals surface area contributed by atoms with Gasteiger partial charge in [0.2, 0.25) is 0 Å². The highest BCUT2D eigenvalue weighted by molar-refractivity contribution is 7.93. The van der Waals surface area contributed by atoms with Gasteiger partial charge in [-0.25, -0.2) is 4.21 Å². The molecule has 2 amide bonds. The average molecular weight is 449 g/mol. The van der Waals surface area contributed by atoms with E-state index in [2.05, 4.69) is 9.68 Å². The molecule has 7 nitrogen and oxygen atoms in total. The lowest BCUT2D eigenvalue weighted by Gasteiger charge is -2.44. The van der Waals surface area contributed by atoms with Gasteiger partial charge in [0.1, 0.15) is 0 Å². The fraction of sp³-hybridized carbons (Fsp3) is 0.652. The number of hydrogen-bond donors (Lipinski definition) is 1. The van der Waals surface area contributed by atoms with Gasteiger partial charge in [0.25, 0.3) is 11.8 Å². The Morgan fingerprint density at radius 3 is 2.55 bits per heavy atom. The lowest BCUT2D eigenvalue weighted by molar-refractivity contribution is -0.119. The normalized spacial score (nSPS) is 31.7. The van der Waals surface area contributed by atoms with E-state index in [1.807, 2.05) is 18.2 Å².